The average molecular weight is 482 g/mol. The molecule has 2 saturated heterocycles. The molecule has 2 aliphatic rings. The van der Waals surface area contributed by atoms with E-state index >= 15 is 0 Å². The Kier molecular flexibility index (Phi) is 9.41. The standard InChI is InChI=1S/C24H33Cl2N3O3/c1-18-6-10-27(11-7-18)17-20(30)8-12-28-14-15-29(13-9-24(28)32)23(31)5-3-19-2-4-21(25)22(26)16-19/h2-5,16,18,20,30H,6-15,17H2,1H3/b5-3+. The van der Waals surface area contributed by atoms with Crippen LogP contribution >= 0.6 is 23.2 Å². The number of aliphatic hydroxyl groups is 1. The summed E-state index contributed by atoms with van der Waals surface area (Å²) in [6, 6.07) is 5.19. The number of nitrogens with zero attached hydrogens (tertiary/aromatic N) is 3. The first-order valence-corrected chi connectivity index (χ1v) is 12.2. The molecule has 8 heteroatoms. The zero-order chi connectivity index (χ0) is 23.1. The summed E-state index contributed by atoms with van der Waals surface area (Å²) < 4.78 is 0. The lowest BCUT2D eigenvalue weighted by atomic mass is 9.99. The molecule has 2 fully saturated rings. The second-order valence-electron chi connectivity index (χ2n) is 8.89. The van der Waals surface area contributed by atoms with E-state index in [0.717, 1.165) is 24.6 Å². The fraction of sp³-hybridized carbons (Fsp3) is 0.583. The number of hydrogen-bond acceptors (Lipinski definition) is 4. The third-order valence-electron chi connectivity index (χ3n) is 6.34. The van der Waals surface area contributed by atoms with Gasteiger partial charge in [0, 0.05) is 45.2 Å². The van der Waals surface area contributed by atoms with E-state index in [0.29, 0.717) is 55.6 Å². The van der Waals surface area contributed by atoms with Crippen LogP contribution in [0, 0.1) is 5.92 Å². The van der Waals surface area contributed by atoms with Gasteiger partial charge in [-0.3, -0.25) is 9.59 Å². The van der Waals surface area contributed by atoms with Crippen molar-refractivity contribution < 1.29 is 14.7 Å². The molecule has 0 bridgehead atoms. The van der Waals surface area contributed by atoms with E-state index in [1.165, 1.54) is 18.9 Å². The number of carbonyl (C=O) groups is 2. The number of amides is 2. The van der Waals surface area contributed by atoms with E-state index in [1.54, 1.807) is 34.1 Å². The molecule has 2 amide bonds. The van der Waals surface area contributed by atoms with Crippen molar-refractivity contribution in [1.29, 1.82) is 0 Å². The fourth-order valence-corrected chi connectivity index (χ4v) is 4.46. The predicted molar refractivity (Wildman–Crippen MR) is 129 cm³/mol. The van der Waals surface area contributed by atoms with Crippen LogP contribution < -0.4 is 0 Å². The summed E-state index contributed by atoms with van der Waals surface area (Å²) in [4.78, 5) is 30.9. The van der Waals surface area contributed by atoms with E-state index in [9.17, 15) is 14.7 Å². The summed E-state index contributed by atoms with van der Waals surface area (Å²) in [5.74, 6) is 0.667. The Morgan fingerprint density at radius 3 is 2.62 bits per heavy atom. The Bertz CT molecular complexity index is 825. The van der Waals surface area contributed by atoms with Crippen molar-refractivity contribution in [3.63, 3.8) is 0 Å². The van der Waals surface area contributed by atoms with Crippen molar-refractivity contribution in [1.82, 2.24) is 14.7 Å². The van der Waals surface area contributed by atoms with Crippen molar-refractivity contribution >= 4 is 41.1 Å². The predicted octanol–water partition coefficient (Wildman–Crippen LogP) is 3.55. The number of benzene rings is 1. The van der Waals surface area contributed by atoms with Gasteiger partial charge in [-0.25, -0.2) is 0 Å². The SMILES string of the molecule is CC1CCN(CC(O)CCN2CCN(C(=O)/C=C/c3ccc(Cl)c(Cl)c3)CCC2=O)CC1. The minimum atomic E-state index is -0.439. The molecule has 1 atom stereocenters. The molecule has 1 unspecified atom stereocenters. The van der Waals surface area contributed by atoms with Crippen LogP contribution in [0.15, 0.2) is 24.3 Å². The lowest BCUT2D eigenvalue weighted by Gasteiger charge is -2.32. The zero-order valence-electron chi connectivity index (χ0n) is 18.7. The number of likely N-dealkylation sites (tertiary alicyclic amines) is 1. The first-order chi connectivity index (χ1) is 15.3. The van der Waals surface area contributed by atoms with E-state index in [-0.39, 0.29) is 11.8 Å². The molecular formula is C24H33Cl2N3O3. The maximum absolute atomic E-state index is 12.6. The largest absolute Gasteiger partial charge is 0.392 e. The number of aliphatic hydroxyl groups excluding tert-OH is 1. The molecular weight excluding hydrogens is 449 g/mol. The van der Waals surface area contributed by atoms with Gasteiger partial charge in [-0.2, -0.15) is 0 Å². The van der Waals surface area contributed by atoms with Gasteiger partial charge in [0.25, 0.3) is 0 Å². The van der Waals surface area contributed by atoms with Crippen molar-refractivity contribution in [2.24, 2.45) is 5.92 Å². The minimum Gasteiger partial charge on any atom is -0.392 e. The second kappa shape index (κ2) is 12.0. The van der Waals surface area contributed by atoms with Gasteiger partial charge in [-0.15, -0.1) is 0 Å². The summed E-state index contributed by atoms with van der Waals surface area (Å²) in [6.45, 7) is 6.89. The zero-order valence-corrected chi connectivity index (χ0v) is 20.2. The first-order valence-electron chi connectivity index (χ1n) is 11.4. The summed E-state index contributed by atoms with van der Waals surface area (Å²) in [5, 5.41) is 11.3. The fourth-order valence-electron chi connectivity index (χ4n) is 4.15. The molecule has 176 valence electrons. The molecule has 0 radical (unpaired) electrons. The van der Waals surface area contributed by atoms with E-state index in [1.807, 2.05) is 0 Å². The molecule has 1 N–H and O–H groups in total. The monoisotopic (exact) mass is 481 g/mol. The lowest BCUT2D eigenvalue weighted by molar-refractivity contribution is -0.130. The number of carbonyl (C=O) groups excluding carboxylic acids is 2. The highest BCUT2D eigenvalue weighted by atomic mass is 35.5. The normalized spacial score (nSPS) is 20.1. The Morgan fingerprint density at radius 2 is 1.91 bits per heavy atom. The molecule has 1 aromatic rings. The van der Waals surface area contributed by atoms with Crippen LogP contribution in [-0.4, -0.2) is 83.5 Å². The molecule has 0 aliphatic carbocycles. The maximum Gasteiger partial charge on any atom is 0.246 e. The van der Waals surface area contributed by atoms with Crippen LogP contribution in [0.2, 0.25) is 10.0 Å². The molecule has 2 heterocycles. The molecule has 0 spiro atoms. The number of piperidine rings is 1. The Labute approximate surface area is 200 Å². The summed E-state index contributed by atoms with van der Waals surface area (Å²) in [7, 11) is 0. The Hall–Kier alpha value is -1.60. The minimum absolute atomic E-state index is 0.0350. The van der Waals surface area contributed by atoms with Crippen LogP contribution in [-0.2, 0) is 9.59 Å². The topological polar surface area (TPSA) is 64.1 Å². The molecule has 3 rings (SSSR count). The molecule has 2 aliphatic heterocycles. The number of β-amino-alcohol motifs (C(OH)–C–C–N with tert-alkyl or cyclic N) is 1. The molecule has 6 nitrogen and oxygen atoms in total. The van der Waals surface area contributed by atoms with Crippen molar-refractivity contribution in [2.75, 3.05) is 45.8 Å². The molecule has 0 aromatic heterocycles. The van der Waals surface area contributed by atoms with Gasteiger partial charge < -0.3 is 19.8 Å². The number of halogens is 2. The van der Waals surface area contributed by atoms with Gasteiger partial charge in [0.15, 0.2) is 0 Å². The maximum atomic E-state index is 12.6. The van der Waals surface area contributed by atoms with Crippen LogP contribution in [0.4, 0.5) is 0 Å². The molecule has 1 aromatic carbocycles. The summed E-state index contributed by atoms with van der Waals surface area (Å²) in [6.07, 6.45) is 5.98. The van der Waals surface area contributed by atoms with E-state index in [4.69, 9.17) is 23.2 Å². The third-order valence-corrected chi connectivity index (χ3v) is 7.08. The van der Waals surface area contributed by atoms with Gasteiger partial charge in [0.2, 0.25) is 11.8 Å². The Morgan fingerprint density at radius 1 is 1.16 bits per heavy atom. The van der Waals surface area contributed by atoms with Gasteiger partial charge in [-0.05, 0) is 62.0 Å². The number of rotatable bonds is 7. The van der Waals surface area contributed by atoms with Crippen molar-refractivity contribution in [3.8, 4) is 0 Å². The third kappa shape index (κ3) is 7.48. The van der Waals surface area contributed by atoms with Crippen LogP contribution in [0.25, 0.3) is 6.08 Å². The van der Waals surface area contributed by atoms with E-state index in [2.05, 4.69) is 11.8 Å². The van der Waals surface area contributed by atoms with Gasteiger partial charge in [-0.1, -0.05) is 36.2 Å². The molecule has 0 saturated carbocycles. The van der Waals surface area contributed by atoms with Crippen LogP contribution in [0.1, 0.15) is 38.2 Å². The Balaban J connectivity index is 1.45. The molecule has 32 heavy (non-hydrogen) atoms. The summed E-state index contributed by atoms with van der Waals surface area (Å²) >= 11 is 11.9. The van der Waals surface area contributed by atoms with Crippen molar-refractivity contribution in [2.45, 2.75) is 38.7 Å². The van der Waals surface area contributed by atoms with Crippen LogP contribution in [0.5, 0.6) is 0 Å². The summed E-state index contributed by atoms with van der Waals surface area (Å²) in [5.41, 5.74) is 0.789. The second-order valence-corrected chi connectivity index (χ2v) is 9.70. The van der Waals surface area contributed by atoms with Crippen LogP contribution in [0.3, 0.4) is 0 Å². The van der Waals surface area contributed by atoms with Gasteiger partial charge >= 0.3 is 0 Å². The quantitative estimate of drug-likeness (QED) is 0.604. The average Bonchev–Trinajstić information content (AvgIpc) is 2.96. The highest BCUT2D eigenvalue weighted by Gasteiger charge is 2.24. The number of hydrogen-bond donors (Lipinski definition) is 1. The lowest BCUT2D eigenvalue weighted by Crippen LogP contribution is -2.41. The highest BCUT2D eigenvalue weighted by Crippen LogP contribution is 2.23. The van der Waals surface area contributed by atoms with Gasteiger partial charge in [0.05, 0.1) is 16.1 Å². The van der Waals surface area contributed by atoms with E-state index < -0.39 is 6.10 Å². The first kappa shape index (κ1) is 25.0. The highest BCUT2D eigenvalue weighted by molar-refractivity contribution is 6.42. The smallest absolute Gasteiger partial charge is 0.246 e. The van der Waals surface area contributed by atoms with Crippen molar-refractivity contribution in [3.05, 3.63) is 39.9 Å². The van der Waals surface area contributed by atoms with Gasteiger partial charge in [0.1, 0.15) is 0 Å².